The number of hydrogen-bond donors (Lipinski definition) is 3. The number of aromatic hydroxyl groups is 1. The summed E-state index contributed by atoms with van der Waals surface area (Å²) in [7, 11) is 0. The number of nitrogens with one attached hydrogen (secondary N) is 3. The first-order valence-electron chi connectivity index (χ1n) is 7.92. The molecule has 0 fully saturated rings. The Bertz CT molecular complexity index is 990. The molecule has 3 aromatic rings. The van der Waals surface area contributed by atoms with Crippen molar-refractivity contribution in [2.75, 3.05) is 0 Å². The fourth-order valence-electron chi connectivity index (χ4n) is 2.19. The van der Waals surface area contributed by atoms with Gasteiger partial charge in [-0.2, -0.15) is 4.99 Å². The molecule has 0 aliphatic heterocycles. The van der Waals surface area contributed by atoms with Gasteiger partial charge in [0.25, 0.3) is 5.69 Å². The van der Waals surface area contributed by atoms with E-state index in [4.69, 9.17) is 0 Å². The van der Waals surface area contributed by atoms with E-state index in [1.807, 2.05) is 24.3 Å². The van der Waals surface area contributed by atoms with E-state index in [2.05, 4.69) is 25.5 Å². The maximum Gasteiger partial charge on any atom is 0.384 e. The number of benzene rings is 1. The molecule has 0 radical (unpaired) electrons. The molecular formula is C18H16N6O3+2. The van der Waals surface area contributed by atoms with Crippen LogP contribution in [0, 0.1) is 10.1 Å². The van der Waals surface area contributed by atoms with E-state index < -0.39 is 4.92 Å². The number of hydrazone groups is 1. The first-order chi connectivity index (χ1) is 13.1. The molecule has 0 bridgehead atoms. The third kappa shape index (κ3) is 4.69. The zero-order chi connectivity index (χ0) is 19.1. The SMILES string of the molecule is O=[N+]([O-])c1ccc(O)c(C=NNC(=[NH+]c2cccc[nH+]2)c2ccccn2)c1. The number of rotatable bonds is 5. The summed E-state index contributed by atoms with van der Waals surface area (Å²) in [5.74, 6) is 1.08. The molecule has 0 unspecified atom stereocenters. The van der Waals surface area contributed by atoms with Gasteiger partial charge < -0.3 is 5.11 Å². The number of non-ortho nitro benzene ring substituents is 1. The van der Waals surface area contributed by atoms with Gasteiger partial charge in [0.2, 0.25) is 0 Å². The molecule has 0 saturated carbocycles. The van der Waals surface area contributed by atoms with Crippen LogP contribution in [0.15, 0.2) is 72.1 Å². The van der Waals surface area contributed by atoms with Crippen LogP contribution in [0.1, 0.15) is 11.3 Å². The average molecular weight is 364 g/mol. The van der Waals surface area contributed by atoms with E-state index in [-0.39, 0.29) is 17.0 Å². The van der Waals surface area contributed by atoms with Gasteiger partial charge >= 0.3 is 11.7 Å². The van der Waals surface area contributed by atoms with Crippen LogP contribution in [0.3, 0.4) is 0 Å². The number of aromatic amines is 1. The Labute approximate surface area is 153 Å². The van der Waals surface area contributed by atoms with Crippen LogP contribution >= 0.6 is 0 Å². The molecule has 2 aromatic heterocycles. The van der Waals surface area contributed by atoms with Gasteiger partial charge in [0.15, 0.2) is 5.69 Å². The molecule has 3 rings (SSSR count). The first kappa shape index (κ1) is 17.7. The summed E-state index contributed by atoms with van der Waals surface area (Å²) in [5.41, 5.74) is 3.50. The molecule has 27 heavy (non-hydrogen) atoms. The monoisotopic (exact) mass is 364 g/mol. The number of nitro groups is 1. The number of phenolic OH excluding ortho intramolecular Hbond substituents is 1. The Kier molecular flexibility index (Phi) is 5.43. The maximum absolute atomic E-state index is 10.9. The van der Waals surface area contributed by atoms with Crippen molar-refractivity contribution in [2.45, 2.75) is 0 Å². The largest absolute Gasteiger partial charge is 0.507 e. The predicted octanol–water partition coefficient (Wildman–Crippen LogP) is 0.292. The zero-order valence-corrected chi connectivity index (χ0v) is 14.0. The zero-order valence-electron chi connectivity index (χ0n) is 14.0. The van der Waals surface area contributed by atoms with E-state index in [9.17, 15) is 15.2 Å². The Morgan fingerprint density at radius 3 is 2.81 bits per heavy atom. The number of amidine groups is 1. The van der Waals surface area contributed by atoms with Gasteiger partial charge in [-0.1, -0.05) is 11.2 Å². The van der Waals surface area contributed by atoms with Crippen molar-refractivity contribution in [1.29, 1.82) is 0 Å². The molecule has 0 atom stereocenters. The Morgan fingerprint density at radius 2 is 2.11 bits per heavy atom. The van der Waals surface area contributed by atoms with Crippen LogP contribution in [0.2, 0.25) is 0 Å². The quantitative estimate of drug-likeness (QED) is 0.259. The molecular weight excluding hydrogens is 348 g/mol. The summed E-state index contributed by atoms with van der Waals surface area (Å²) in [6.07, 6.45) is 4.70. The highest BCUT2D eigenvalue weighted by Gasteiger charge is 2.16. The van der Waals surface area contributed by atoms with E-state index in [0.29, 0.717) is 17.3 Å². The van der Waals surface area contributed by atoms with Crippen LogP contribution in [0.25, 0.3) is 0 Å². The van der Waals surface area contributed by atoms with Crippen LogP contribution < -0.4 is 15.4 Å². The highest BCUT2D eigenvalue weighted by Crippen LogP contribution is 2.21. The summed E-state index contributed by atoms with van der Waals surface area (Å²) in [6, 6.07) is 14.7. The number of hydrogen-bond acceptors (Lipinski definition) is 5. The second kappa shape index (κ2) is 8.30. The van der Waals surface area contributed by atoms with Gasteiger partial charge in [-0.15, -0.1) is 5.43 Å². The topological polar surface area (TPSA) is 129 Å². The molecule has 0 aliphatic rings. The summed E-state index contributed by atoms with van der Waals surface area (Å²) < 4.78 is 0. The van der Waals surface area contributed by atoms with Crippen molar-refractivity contribution in [2.24, 2.45) is 5.10 Å². The molecule has 2 heterocycles. The maximum atomic E-state index is 10.9. The minimum Gasteiger partial charge on any atom is -0.507 e. The molecule has 0 amide bonds. The van der Waals surface area contributed by atoms with Crippen LogP contribution in [0.5, 0.6) is 5.75 Å². The number of aromatic nitrogens is 2. The van der Waals surface area contributed by atoms with Crippen molar-refractivity contribution in [1.82, 2.24) is 10.4 Å². The number of nitro benzene ring substituents is 1. The van der Waals surface area contributed by atoms with E-state index in [1.165, 1.54) is 24.4 Å². The predicted molar refractivity (Wildman–Crippen MR) is 97.5 cm³/mol. The van der Waals surface area contributed by atoms with Crippen molar-refractivity contribution < 1.29 is 20.0 Å². The third-order valence-corrected chi connectivity index (χ3v) is 3.49. The van der Waals surface area contributed by atoms with Crippen LogP contribution in [-0.4, -0.2) is 27.1 Å². The highest BCUT2D eigenvalue weighted by molar-refractivity contribution is 5.94. The molecule has 0 aliphatic carbocycles. The lowest BCUT2D eigenvalue weighted by atomic mass is 10.2. The van der Waals surface area contributed by atoms with E-state index in [1.54, 1.807) is 24.5 Å². The minimum atomic E-state index is -0.539. The van der Waals surface area contributed by atoms with Gasteiger partial charge in [0.1, 0.15) is 11.9 Å². The van der Waals surface area contributed by atoms with Crippen molar-refractivity contribution >= 4 is 23.6 Å². The number of nitrogens with zero attached hydrogens (tertiary/aromatic N) is 3. The Balaban J connectivity index is 1.88. The second-order valence-corrected chi connectivity index (χ2v) is 5.36. The van der Waals surface area contributed by atoms with Gasteiger partial charge in [-0.25, -0.2) is 9.97 Å². The summed E-state index contributed by atoms with van der Waals surface area (Å²) in [5, 5.41) is 24.8. The lowest BCUT2D eigenvalue weighted by Gasteiger charge is -1.98. The molecule has 0 spiro atoms. The Morgan fingerprint density at radius 1 is 1.26 bits per heavy atom. The Hall–Kier alpha value is -4.14. The fraction of sp³-hybridized carbons (Fsp3) is 0. The van der Waals surface area contributed by atoms with E-state index >= 15 is 0 Å². The normalized spacial score (nSPS) is 11.5. The first-order valence-corrected chi connectivity index (χ1v) is 7.92. The van der Waals surface area contributed by atoms with Crippen molar-refractivity contribution in [3.63, 3.8) is 0 Å². The van der Waals surface area contributed by atoms with Gasteiger partial charge in [-0.05, 0) is 30.3 Å². The van der Waals surface area contributed by atoms with Gasteiger partial charge in [-0.3, -0.25) is 10.1 Å². The summed E-state index contributed by atoms with van der Waals surface area (Å²) in [4.78, 5) is 20.8. The highest BCUT2D eigenvalue weighted by atomic mass is 16.6. The number of pyridine rings is 2. The average Bonchev–Trinajstić information content (AvgIpc) is 2.70. The molecule has 0 saturated heterocycles. The van der Waals surface area contributed by atoms with Crippen LogP contribution in [0.4, 0.5) is 11.5 Å². The molecule has 9 nitrogen and oxygen atoms in total. The molecule has 9 heteroatoms. The van der Waals surface area contributed by atoms with E-state index in [0.717, 1.165) is 0 Å². The van der Waals surface area contributed by atoms with Gasteiger partial charge in [0.05, 0.1) is 11.1 Å². The molecule has 134 valence electrons. The second-order valence-electron chi connectivity index (χ2n) is 5.36. The lowest BCUT2D eigenvalue weighted by Crippen LogP contribution is -2.72. The van der Waals surface area contributed by atoms with Crippen molar-refractivity contribution in [3.8, 4) is 5.75 Å². The minimum absolute atomic E-state index is 0.116. The summed E-state index contributed by atoms with van der Waals surface area (Å²) in [6.45, 7) is 0. The standard InChI is InChI=1S/C18H14N6O3/c25-16-8-7-14(24(26)27)11-13(16)12-21-23-18(15-5-1-3-9-19-15)22-17-6-2-4-10-20-17/h1-12,25H,(H,20,22,23)/p+2. The van der Waals surface area contributed by atoms with Gasteiger partial charge in [0, 0.05) is 30.0 Å². The fourth-order valence-corrected chi connectivity index (χ4v) is 2.19. The third-order valence-electron chi connectivity index (χ3n) is 3.49. The van der Waals surface area contributed by atoms with Crippen LogP contribution in [-0.2, 0) is 0 Å². The van der Waals surface area contributed by atoms with Crippen molar-refractivity contribution in [3.05, 3.63) is 88.4 Å². The lowest BCUT2D eigenvalue weighted by molar-refractivity contribution is -0.517. The molecule has 1 aromatic carbocycles. The number of H-pyrrole nitrogens is 1. The smallest absolute Gasteiger partial charge is 0.384 e. The summed E-state index contributed by atoms with van der Waals surface area (Å²) >= 11 is 0. The molecule has 4 N–H and O–H groups in total. The number of phenols is 1.